The summed E-state index contributed by atoms with van der Waals surface area (Å²) in [7, 11) is -3.24. The summed E-state index contributed by atoms with van der Waals surface area (Å²) >= 11 is 0. The molecule has 7 nitrogen and oxygen atoms in total. The third kappa shape index (κ3) is 3.77. The van der Waals surface area contributed by atoms with Crippen molar-refractivity contribution in [3.05, 3.63) is 35.5 Å². The normalized spacial score (nSPS) is 19.5. The Morgan fingerprint density at radius 1 is 1.42 bits per heavy atom. The Kier molecular flexibility index (Phi) is 4.62. The number of aromatic amines is 1. The van der Waals surface area contributed by atoms with Gasteiger partial charge in [-0.3, -0.25) is 4.79 Å². The predicted molar refractivity (Wildman–Crippen MR) is 91.5 cm³/mol. The number of benzene rings is 1. The zero-order valence-corrected chi connectivity index (χ0v) is 14.5. The quantitative estimate of drug-likeness (QED) is 0.855. The second kappa shape index (κ2) is 6.54. The second-order valence-corrected chi connectivity index (χ2v) is 8.08. The zero-order valence-electron chi connectivity index (χ0n) is 13.7. The highest BCUT2D eigenvalue weighted by atomic mass is 32.2. The van der Waals surface area contributed by atoms with E-state index in [1.54, 1.807) is 0 Å². The number of amides is 1. The van der Waals surface area contributed by atoms with E-state index in [0.29, 0.717) is 18.8 Å². The number of aromatic nitrogens is 1. The van der Waals surface area contributed by atoms with Crippen molar-refractivity contribution in [3.63, 3.8) is 0 Å². The van der Waals surface area contributed by atoms with Gasteiger partial charge in [0.15, 0.2) is 0 Å². The number of ether oxygens (including phenoxy) is 1. The number of nitrogens with one attached hydrogen (secondary N) is 2. The van der Waals surface area contributed by atoms with Crippen LogP contribution in [0.25, 0.3) is 10.9 Å². The van der Waals surface area contributed by atoms with E-state index in [9.17, 15) is 13.2 Å². The zero-order chi connectivity index (χ0) is 17.3. The smallest absolute Gasteiger partial charge is 0.267 e. The van der Waals surface area contributed by atoms with Gasteiger partial charge in [-0.05, 0) is 25.1 Å². The van der Waals surface area contributed by atoms with Crippen LogP contribution in [0.3, 0.4) is 0 Å². The summed E-state index contributed by atoms with van der Waals surface area (Å²) < 4.78 is 30.1. The lowest BCUT2D eigenvalue weighted by Crippen LogP contribution is -2.49. The molecule has 130 valence electrons. The molecule has 1 aromatic carbocycles. The fourth-order valence-corrected chi connectivity index (χ4v) is 3.64. The van der Waals surface area contributed by atoms with Crippen LogP contribution in [0, 0.1) is 6.92 Å². The first-order valence-electron chi connectivity index (χ1n) is 7.77. The lowest BCUT2D eigenvalue weighted by atomic mass is 10.2. The number of rotatable bonds is 4. The average Bonchev–Trinajstić information content (AvgIpc) is 2.95. The van der Waals surface area contributed by atoms with Crippen LogP contribution in [0.5, 0.6) is 0 Å². The molecule has 2 heterocycles. The van der Waals surface area contributed by atoms with Crippen LogP contribution in [-0.2, 0) is 14.8 Å². The number of nitrogens with zero attached hydrogens (tertiary/aromatic N) is 1. The van der Waals surface area contributed by atoms with E-state index in [2.05, 4.69) is 10.3 Å². The maximum absolute atomic E-state index is 12.3. The minimum atomic E-state index is -3.24. The predicted octanol–water partition coefficient (Wildman–Crippen LogP) is 0.867. The summed E-state index contributed by atoms with van der Waals surface area (Å²) in [6, 6.07) is 7.74. The monoisotopic (exact) mass is 351 g/mol. The van der Waals surface area contributed by atoms with Crippen molar-refractivity contribution in [1.29, 1.82) is 0 Å². The molecule has 1 aliphatic heterocycles. The molecule has 1 atom stereocenters. The van der Waals surface area contributed by atoms with E-state index in [-0.39, 0.29) is 25.1 Å². The van der Waals surface area contributed by atoms with Crippen LogP contribution >= 0.6 is 0 Å². The molecule has 0 unspecified atom stereocenters. The topological polar surface area (TPSA) is 91.5 Å². The van der Waals surface area contributed by atoms with E-state index in [4.69, 9.17) is 4.74 Å². The lowest BCUT2D eigenvalue weighted by Gasteiger charge is -2.31. The molecule has 0 saturated carbocycles. The fraction of sp³-hybridized carbons (Fsp3) is 0.438. The number of aryl methyl sites for hydroxylation is 1. The van der Waals surface area contributed by atoms with Crippen molar-refractivity contribution in [1.82, 2.24) is 14.6 Å². The SMILES string of the molecule is Cc1ccc2[nH]c(C(=O)NC[C@@H]3CN(S(C)(=O)=O)CCO3)cc2c1. The minimum Gasteiger partial charge on any atom is -0.374 e. The maximum Gasteiger partial charge on any atom is 0.267 e. The van der Waals surface area contributed by atoms with E-state index in [1.165, 1.54) is 10.6 Å². The van der Waals surface area contributed by atoms with Gasteiger partial charge in [0, 0.05) is 30.5 Å². The van der Waals surface area contributed by atoms with Crippen LogP contribution in [0.15, 0.2) is 24.3 Å². The molecular formula is C16H21N3O4S. The Labute approximate surface area is 141 Å². The minimum absolute atomic E-state index is 0.232. The molecule has 0 spiro atoms. The highest BCUT2D eigenvalue weighted by Gasteiger charge is 2.26. The Balaban J connectivity index is 1.62. The van der Waals surface area contributed by atoms with Crippen LogP contribution in [0.1, 0.15) is 16.1 Å². The standard InChI is InChI=1S/C16H21N3O4S/c1-11-3-4-14-12(7-11)8-15(18-14)16(20)17-9-13-10-19(5-6-23-13)24(2,21)22/h3-4,7-8,13,18H,5-6,9-10H2,1-2H3,(H,17,20)/t13-/m1/s1. The molecule has 0 bridgehead atoms. The van der Waals surface area contributed by atoms with Crippen LogP contribution in [0.4, 0.5) is 0 Å². The number of carbonyl (C=O) groups excluding carboxylic acids is 1. The third-order valence-corrected chi connectivity index (χ3v) is 5.35. The van der Waals surface area contributed by atoms with Crippen molar-refractivity contribution in [2.45, 2.75) is 13.0 Å². The average molecular weight is 351 g/mol. The van der Waals surface area contributed by atoms with Crippen LogP contribution in [0.2, 0.25) is 0 Å². The number of fused-ring (bicyclic) bond motifs is 1. The summed E-state index contributed by atoms with van der Waals surface area (Å²) in [6.45, 7) is 3.20. The van der Waals surface area contributed by atoms with Crippen molar-refractivity contribution in [2.75, 3.05) is 32.5 Å². The van der Waals surface area contributed by atoms with E-state index >= 15 is 0 Å². The first kappa shape index (κ1) is 16.9. The molecule has 3 rings (SSSR count). The van der Waals surface area contributed by atoms with E-state index < -0.39 is 10.0 Å². The van der Waals surface area contributed by atoms with Crippen molar-refractivity contribution in [3.8, 4) is 0 Å². The highest BCUT2D eigenvalue weighted by Crippen LogP contribution is 2.17. The first-order valence-corrected chi connectivity index (χ1v) is 9.62. The number of morpholine rings is 1. The molecule has 1 fully saturated rings. The maximum atomic E-state index is 12.3. The van der Waals surface area contributed by atoms with E-state index in [1.807, 2.05) is 31.2 Å². The Morgan fingerprint density at radius 2 is 2.21 bits per heavy atom. The van der Waals surface area contributed by atoms with Crippen molar-refractivity contribution < 1.29 is 17.9 Å². The molecule has 2 N–H and O–H groups in total. The summed E-state index contributed by atoms with van der Waals surface area (Å²) in [4.78, 5) is 15.4. The third-order valence-electron chi connectivity index (χ3n) is 4.08. The second-order valence-electron chi connectivity index (χ2n) is 6.10. The largest absolute Gasteiger partial charge is 0.374 e. The molecule has 1 aromatic heterocycles. The van der Waals surface area contributed by atoms with Gasteiger partial charge < -0.3 is 15.0 Å². The van der Waals surface area contributed by atoms with Gasteiger partial charge in [0.2, 0.25) is 10.0 Å². The Morgan fingerprint density at radius 3 is 2.96 bits per heavy atom. The van der Waals surface area contributed by atoms with Gasteiger partial charge in [0.25, 0.3) is 5.91 Å². The van der Waals surface area contributed by atoms with Gasteiger partial charge in [-0.25, -0.2) is 8.42 Å². The molecule has 1 aliphatic rings. The highest BCUT2D eigenvalue weighted by molar-refractivity contribution is 7.88. The van der Waals surface area contributed by atoms with E-state index in [0.717, 1.165) is 16.5 Å². The van der Waals surface area contributed by atoms with Crippen LogP contribution in [-0.4, -0.2) is 62.2 Å². The number of hydrogen-bond donors (Lipinski definition) is 2. The Bertz CT molecular complexity index is 859. The van der Waals surface area contributed by atoms with Crippen molar-refractivity contribution in [2.24, 2.45) is 0 Å². The molecule has 24 heavy (non-hydrogen) atoms. The number of carbonyl (C=O) groups is 1. The van der Waals surface area contributed by atoms with Gasteiger partial charge in [-0.15, -0.1) is 0 Å². The summed E-state index contributed by atoms with van der Waals surface area (Å²) in [6.07, 6.45) is 0.838. The van der Waals surface area contributed by atoms with Gasteiger partial charge in [0.1, 0.15) is 5.69 Å². The molecule has 2 aromatic rings. The van der Waals surface area contributed by atoms with Gasteiger partial charge >= 0.3 is 0 Å². The summed E-state index contributed by atoms with van der Waals surface area (Å²) in [5.41, 5.74) is 2.51. The molecule has 8 heteroatoms. The fourth-order valence-electron chi connectivity index (χ4n) is 2.79. The molecule has 0 radical (unpaired) electrons. The van der Waals surface area contributed by atoms with Crippen molar-refractivity contribution >= 4 is 26.8 Å². The Hall–Kier alpha value is -1.90. The summed E-state index contributed by atoms with van der Waals surface area (Å²) in [5, 5.41) is 3.78. The first-order chi connectivity index (χ1) is 11.3. The van der Waals surface area contributed by atoms with Gasteiger partial charge in [0.05, 0.1) is 19.0 Å². The summed E-state index contributed by atoms with van der Waals surface area (Å²) in [5.74, 6) is -0.232. The number of sulfonamides is 1. The molecular weight excluding hydrogens is 330 g/mol. The van der Waals surface area contributed by atoms with Crippen LogP contribution < -0.4 is 5.32 Å². The van der Waals surface area contributed by atoms with Gasteiger partial charge in [-0.1, -0.05) is 11.6 Å². The number of hydrogen-bond acceptors (Lipinski definition) is 4. The molecule has 1 amide bonds. The molecule has 0 aliphatic carbocycles. The molecule has 1 saturated heterocycles. The lowest BCUT2D eigenvalue weighted by molar-refractivity contribution is 0.000417. The van der Waals surface area contributed by atoms with Gasteiger partial charge in [-0.2, -0.15) is 4.31 Å². The number of H-pyrrole nitrogens is 1.